The topological polar surface area (TPSA) is 58.6 Å². The van der Waals surface area contributed by atoms with Crippen LogP contribution in [0, 0.1) is 13.8 Å². The van der Waals surface area contributed by atoms with Crippen molar-refractivity contribution in [1.82, 2.24) is 10.2 Å². The van der Waals surface area contributed by atoms with Gasteiger partial charge in [-0.05, 0) is 49.1 Å². The zero-order valence-corrected chi connectivity index (χ0v) is 17.5. The molecule has 2 aromatic rings. The highest BCUT2D eigenvalue weighted by Gasteiger charge is 2.28. The van der Waals surface area contributed by atoms with Gasteiger partial charge in [-0.3, -0.25) is 9.59 Å². The number of nitrogens with zero attached hydrogens (tertiary/aromatic N) is 1. The van der Waals surface area contributed by atoms with E-state index in [0.717, 1.165) is 16.7 Å². The van der Waals surface area contributed by atoms with Gasteiger partial charge in [-0.1, -0.05) is 48.9 Å². The summed E-state index contributed by atoms with van der Waals surface area (Å²) in [6, 6.07) is 12.7. The van der Waals surface area contributed by atoms with E-state index < -0.39 is 6.04 Å². The van der Waals surface area contributed by atoms with Crippen molar-refractivity contribution in [1.29, 1.82) is 0 Å². The van der Waals surface area contributed by atoms with Gasteiger partial charge in [0.25, 0.3) is 5.91 Å². The Kier molecular flexibility index (Phi) is 7.88. The zero-order valence-electron chi connectivity index (χ0n) is 16.8. The average molecular weight is 403 g/mol. The van der Waals surface area contributed by atoms with Crippen LogP contribution in [0.25, 0.3) is 0 Å². The van der Waals surface area contributed by atoms with Crippen LogP contribution in [0.5, 0.6) is 5.75 Å². The number of amides is 2. The van der Waals surface area contributed by atoms with Gasteiger partial charge in [-0.2, -0.15) is 0 Å². The number of benzene rings is 2. The van der Waals surface area contributed by atoms with Gasteiger partial charge in [-0.25, -0.2) is 0 Å². The zero-order chi connectivity index (χ0) is 20.7. The van der Waals surface area contributed by atoms with E-state index in [1.54, 1.807) is 24.1 Å². The van der Waals surface area contributed by atoms with Crippen molar-refractivity contribution in [2.24, 2.45) is 0 Å². The third-order valence-corrected chi connectivity index (χ3v) is 5.20. The highest BCUT2D eigenvalue weighted by atomic mass is 35.5. The van der Waals surface area contributed by atoms with Crippen LogP contribution >= 0.6 is 11.6 Å². The summed E-state index contributed by atoms with van der Waals surface area (Å²) in [5.41, 5.74) is 2.74. The number of hydrogen-bond donors (Lipinski definition) is 1. The number of rotatable bonds is 8. The lowest BCUT2D eigenvalue weighted by molar-refractivity contribution is -0.142. The second-order valence-corrected chi connectivity index (χ2v) is 7.08. The Morgan fingerprint density at radius 3 is 2.29 bits per heavy atom. The van der Waals surface area contributed by atoms with Crippen LogP contribution in [0.1, 0.15) is 30.0 Å². The smallest absolute Gasteiger partial charge is 0.261 e. The number of hydrogen-bond acceptors (Lipinski definition) is 3. The predicted molar refractivity (Wildman–Crippen MR) is 112 cm³/mol. The first-order valence-electron chi connectivity index (χ1n) is 9.31. The molecule has 0 bridgehead atoms. The van der Waals surface area contributed by atoms with Crippen molar-refractivity contribution >= 4 is 23.4 Å². The molecule has 0 unspecified atom stereocenters. The standard InChI is InChI=1S/C22H27ClN2O3/c1-5-19(22(27)24-4)25(13-17-9-7-6-8-10-17)20(26)14-28-18-11-15(2)21(23)16(3)12-18/h6-12,19H,5,13-14H2,1-4H3,(H,24,27)/t19-/m0/s1. The maximum atomic E-state index is 13.0. The third-order valence-electron chi connectivity index (χ3n) is 4.60. The Labute approximate surface area is 171 Å². The number of halogens is 1. The van der Waals surface area contributed by atoms with Crippen LogP contribution in [0.3, 0.4) is 0 Å². The molecule has 2 amide bonds. The lowest BCUT2D eigenvalue weighted by Gasteiger charge is -2.30. The first kappa shape index (κ1) is 21.8. The van der Waals surface area contributed by atoms with Crippen molar-refractivity contribution in [3.8, 4) is 5.75 Å². The van der Waals surface area contributed by atoms with E-state index in [9.17, 15) is 9.59 Å². The van der Waals surface area contributed by atoms with E-state index in [1.165, 1.54) is 0 Å². The molecule has 2 rings (SSSR count). The fraction of sp³-hybridized carbons (Fsp3) is 0.364. The van der Waals surface area contributed by atoms with Crippen molar-refractivity contribution in [2.45, 2.75) is 39.8 Å². The predicted octanol–water partition coefficient (Wildman–Crippen LogP) is 3.89. The second-order valence-electron chi connectivity index (χ2n) is 6.71. The molecule has 0 aliphatic carbocycles. The van der Waals surface area contributed by atoms with Gasteiger partial charge >= 0.3 is 0 Å². The van der Waals surface area contributed by atoms with Gasteiger partial charge in [-0.15, -0.1) is 0 Å². The van der Waals surface area contributed by atoms with Crippen molar-refractivity contribution < 1.29 is 14.3 Å². The summed E-state index contributed by atoms with van der Waals surface area (Å²) in [4.78, 5) is 26.9. The Morgan fingerprint density at radius 1 is 1.14 bits per heavy atom. The first-order valence-corrected chi connectivity index (χ1v) is 9.69. The summed E-state index contributed by atoms with van der Waals surface area (Å²) in [6.45, 7) is 5.86. The summed E-state index contributed by atoms with van der Waals surface area (Å²) in [7, 11) is 1.58. The molecule has 0 aromatic heterocycles. The molecule has 0 aliphatic heterocycles. The van der Waals surface area contributed by atoms with Crippen LogP contribution in [-0.4, -0.2) is 36.4 Å². The number of carbonyl (C=O) groups is 2. The molecule has 2 aromatic carbocycles. The molecule has 6 heteroatoms. The summed E-state index contributed by atoms with van der Waals surface area (Å²) < 4.78 is 5.73. The molecule has 1 atom stereocenters. The van der Waals surface area contributed by atoms with Crippen molar-refractivity contribution in [2.75, 3.05) is 13.7 Å². The molecule has 0 radical (unpaired) electrons. The second kappa shape index (κ2) is 10.1. The van der Waals surface area contributed by atoms with Gasteiger partial charge in [0.05, 0.1) is 0 Å². The first-order chi connectivity index (χ1) is 13.4. The largest absolute Gasteiger partial charge is 0.484 e. The van der Waals surface area contributed by atoms with Gasteiger partial charge in [0, 0.05) is 18.6 Å². The van der Waals surface area contributed by atoms with Crippen LogP contribution < -0.4 is 10.1 Å². The highest BCUT2D eigenvalue weighted by Crippen LogP contribution is 2.26. The summed E-state index contributed by atoms with van der Waals surface area (Å²) in [5, 5.41) is 3.33. The monoisotopic (exact) mass is 402 g/mol. The summed E-state index contributed by atoms with van der Waals surface area (Å²) in [6.07, 6.45) is 0.511. The quantitative estimate of drug-likeness (QED) is 0.728. The Balaban J connectivity index is 2.19. The van der Waals surface area contributed by atoms with Gasteiger partial charge in [0.2, 0.25) is 5.91 Å². The molecule has 0 aliphatic rings. The van der Waals surface area contributed by atoms with Gasteiger partial charge in [0.1, 0.15) is 11.8 Å². The van der Waals surface area contributed by atoms with Crippen LogP contribution in [0.2, 0.25) is 5.02 Å². The molecule has 0 heterocycles. The number of ether oxygens (including phenoxy) is 1. The van der Waals surface area contributed by atoms with Crippen LogP contribution in [0.4, 0.5) is 0 Å². The molecule has 28 heavy (non-hydrogen) atoms. The molecule has 0 spiro atoms. The summed E-state index contributed by atoms with van der Waals surface area (Å²) in [5.74, 6) is 0.148. The van der Waals surface area contributed by atoms with Crippen LogP contribution in [0.15, 0.2) is 42.5 Å². The van der Waals surface area contributed by atoms with Crippen LogP contribution in [-0.2, 0) is 16.1 Å². The lowest BCUT2D eigenvalue weighted by atomic mass is 10.1. The normalized spacial score (nSPS) is 11.6. The minimum atomic E-state index is -0.560. The fourth-order valence-corrected chi connectivity index (χ4v) is 3.19. The van der Waals surface area contributed by atoms with E-state index in [4.69, 9.17) is 16.3 Å². The molecule has 5 nitrogen and oxygen atoms in total. The number of nitrogens with one attached hydrogen (secondary N) is 1. The third kappa shape index (κ3) is 5.49. The molecule has 1 N–H and O–H groups in total. The number of likely N-dealkylation sites (N-methyl/N-ethyl adjacent to an activating group) is 1. The molecule has 0 saturated heterocycles. The minimum absolute atomic E-state index is 0.152. The number of aryl methyl sites for hydroxylation is 2. The van der Waals surface area contributed by atoms with Crippen molar-refractivity contribution in [3.63, 3.8) is 0 Å². The molecule has 0 fully saturated rings. The Morgan fingerprint density at radius 2 is 1.75 bits per heavy atom. The molecular weight excluding hydrogens is 376 g/mol. The SMILES string of the molecule is CC[C@@H](C(=O)NC)N(Cc1ccccc1)C(=O)COc1cc(C)c(Cl)c(C)c1. The van der Waals surface area contributed by atoms with E-state index in [-0.39, 0.29) is 18.4 Å². The molecular formula is C22H27ClN2O3. The molecule has 150 valence electrons. The van der Waals surface area contributed by atoms with E-state index in [0.29, 0.717) is 23.7 Å². The molecule has 0 saturated carbocycles. The highest BCUT2D eigenvalue weighted by molar-refractivity contribution is 6.32. The fourth-order valence-electron chi connectivity index (χ4n) is 3.08. The lowest BCUT2D eigenvalue weighted by Crippen LogP contribution is -2.49. The Bertz CT molecular complexity index is 801. The van der Waals surface area contributed by atoms with E-state index >= 15 is 0 Å². The number of carbonyl (C=O) groups excluding carboxylic acids is 2. The van der Waals surface area contributed by atoms with E-state index in [2.05, 4.69) is 5.32 Å². The van der Waals surface area contributed by atoms with Gasteiger partial charge < -0.3 is 15.0 Å². The van der Waals surface area contributed by atoms with Crippen molar-refractivity contribution in [3.05, 3.63) is 64.2 Å². The Hall–Kier alpha value is -2.53. The summed E-state index contributed by atoms with van der Waals surface area (Å²) >= 11 is 6.19. The maximum Gasteiger partial charge on any atom is 0.261 e. The average Bonchev–Trinajstić information content (AvgIpc) is 2.70. The maximum absolute atomic E-state index is 13.0. The van der Waals surface area contributed by atoms with Gasteiger partial charge in [0.15, 0.2) is 6.61 Å². The van der Waals surface area contributed by atoms with E-state index in [1.807, 2.05) is 51.1 Å². The minimum Gasteiger partial charge on any atom is -0.484 e.